The molecule has 2 rings (SSSR count). The summed E-state index contributed by atoms with van der Waals surface area (Å²) in [6.07, 6.45) is -4.21. The van der Waals surface area contributed by atoms with Crippen LogP contribution >= 0.6 is 11.6 Å². The normalized spacial score (nSPS) is 21.1. The van der Waals surface area contributed by atoms with Gasteiger partial charge in [-0.05, 0) is 31.6 Å². The van der Waals surface area contributed by atoms with E-state index < -0.39 is 40.5 Å². The fraction of sp³-hybridized carbons (Fsp3) is 0.579. The van der Waals surface area contributed by atoms with Crippen molar-refractivity contribution in [2.24, 2.45) is 11.8 Å². The molecule has 0 saturated heterocycles. The monoisotopic (exact) mass is 430 g/mol. The lowest BCUT2D eigenvalue weighted by molar-refractivity contribution is -0.223. The molecule has 1 aliphatic carbocycles. The van der Waals surface area contributed by atoms with E-state index in [-0.39, 0.29) is 12.3 Å². The van der Waals surface area contributed by atoms with Crippen molar-refractivity contribution in [2.45, 2.75) is 57.7 Å². The third kappa shape index (κ3) is 6.50. The lowest BCUT2D eigenvalue weighted by atomic mass is 9.79. The topological polar surface area (TPSA) is 18.5 Å². The van der Waals surface area contributed by atoms with Crippen LogP contribution in [0.2, 0.25) is 5.02 Å². The van der Waals surface area contributed by atoms with Gasteiger partial charge in [0.2, 0.25) is 0 Å². The van der Waals surface area contributed by atoms with Crippen LogP contribution in [0.3, 0.4) is 0 Å². The minimum Gasteiger partial charge on any atom is -0.460 e. The number of allylic oxidation sites excluding steroid dienone is 1. The molecule has 0 radical (unpaired) electrons. The Balaban J connectivity index is 2.04. The molecule has 1 fully saturated rings. The van der Waals surface area contributed by atoms with Crippen LogP contribution in [0.15, 0.2) is 24.5 Å². The molecule has 9 heteroatoms. The van der Waals surface area contributed by atoms with E-state index in [1.807, 2.05) is 6.92 Å². The van der Waals surface area contributed by atoms with Crippen LogP contribution in [0, 0.1) is 17.7 Å². The predicted octanol–water partition coefficient (Wildman–Crippen LogP) is 7.51. The van der Waals surface area contributed by atoms with Crippen LogP contribution in [0.5, 0.6) is 11.5 Å². The Labute approximate surface area is 164 Å². The Hall–Kier alpha value is -1.57. The summed E-state index contributed by atoms with van der Waals surface area (Å²) < 4.78 is 88.3. The van der Waals surface area contributed by atoms with Crippen molar-refractivity contribution in [1.29, 1.82) is 0 Å². The van der Waals surface area contributed by atoms with Gasteiger partial charge in [0.05, 0.1) is 23.3 Å². The third-order valence-electron chi connectivity index (χ3n) is 4.69. The van der Waals surface area contributed by atoms with Crippen molar-refractivity contribution in [3.05, 3.63) is 35.3 Å². The molecule has 1 aromatic rings. The fourth-order valence-electron chi connectivity index (χ4n) is 3.32. The first-order valence-corrected chi connectivity index (χ1v) is 9.36. The summed E-state index contributed by atoms with van der Waals surface area (Å²) in [7, 11) is 0. The number of halogens is 7. The molecule has 0 N–H and O–H groups in total. The summed E-state index contributed by atoms with van der Waals surface area (Å²) in [5.41, 5.74) is 0. The Bertz CT molecular complexity index is 658. The standard InChI is InChI=1S/C19H21ClF6O2/c1-2-3-12-4-6-13(7-5-12)19(25,26)28-14-10-15(20)17(16(21)11-14)27-9-8-18(22,23)24/h8-13H,2-7H2,1H3. The summed E-state index contributed by atoms with van der Waals surface area (Å²) >= 11 is 5.75. The van der Waals surface area contributed by atoms with Crippen molar-refractivity contribution in [2.75, 3.05) is 0 Å². The molecule has 0 aliphatic heterocycles. The van der Waals surface area contributed by atoms with Gasteiger partial charge in [0.15, 0.2) is 11.6 Å². The van der Waals surface area contributed by atoms with E-state index in [1.165, 1.54) is 0 Å². The van der Waals surface area contributed by atoms with E-state index in [0.717, 1.165) is 18.9 Å². The molecular formula is C19H21ClF6O2. The molecule has 0 aromatic heterocycles. The molecule has 0 spiro atoms. The van der Waals surface area contributed by atoms with Gasteiger partial charge in [-0.1, -0.05) is 31.4 Å². The van der Waals surface area contributed by atoms with Gasteiger partial charge in [-0.15, -0.1) is 0 Å². The number of rotatable bonds is 7. The Kier molecular flexibility index (Phi) is 7.53. The highest BCUT2D eigenvalue weighted by molar-refractivity contribution is 6.32. The first-order chi connectivity index (χ1) is 13.0. The van der Waals surface area contributed by atoms with Gasteiger partial charge >= 0.3 is 12.3 Å². The summed E-state index contributed by atoms with van der Waals surface area (Å²) in [4.78, 5) is 0. The van der Waals surface area contributed by atoms with Gasteiger partial charge in [0.25, 0.3) is 0 Å². The summed E-state index contributed by atoms with van der Waals surface area (Å²) in [5, 5.41) is -0.482. The summed E-state index contributed by atoms with van der Waals surface area (Å²) in [6, 6.07) is 1.50. The first-order valence-electron chi connectivity index (χ1n) is 8.98. The van der Waals surface area contributed by atoms with Gasteiger partial charge < -0.3 is 9.47 Å². The zero-order valence-electron chi connectivity index (χ0n) is 15.2. The average molecular weight is 431 g/mol. The summed E-state index contributed by atoms with van der Waals surface area (Å²) in [6.45, 7) is 2.05. The van der Waals surface area contributed by atoms with E-state index in [1.54, 1.807) is 0 Å². The van der Waals surface area contributed by atoms with Crippen molar-refractivity contribution < 1.29 is 35.8 Å². The number of benzene rings is 1. The van der Waals surface area contributed by atoms with Crippen molar-refractivity contribution in [1.82, 2.24) is 0 Å². The zero-order chi connectivity index (χ0) is 20.9. The molecule has 0 unspecified atom stereocenters. The second-order valence-corrected chi connectivity index (χ2v) is 7.26. The van der Waals surface area contributed by atoms with Gasteiger partial charge in [0, 0.05) is 12.1 Å². The largest absolute Gasteiger partial charge is 0.460 e. The highest BCUT2D eigenvalue weighted by atomic mass is 35.5. The SMILES string of the molecule is CCCC1CCC(C(F)(F)Oc2cc(F)c(OC=CC(F)(F)F)c(Cl)c2)CC1. The van der Waals surface area contributed by atoms with E-state index in [4.69, 9.17) is 16.3 Å². The Morgan fingerprint density at radius 3 is 2.29 bits per heavy atom. The highest BCUT2D eigenvalue weighted by Gasteiger charge is 2.44. The lowest BCUT2D eigenvalue weighted by Gasteiger charge is -2.33. The molecule has 1 saturated carbocycles. The molecule has 1 aliphatic rings. The molecule has 0 amide bonds. The maximum Gasteiger partial charge on any atom is 0.412 e. The summed E-state index contributed by atoms with van der Waals surface area (Å²) in [5.74, 6) is -3.00. The minimum atomic E-state index is -4.65. The molecule has 158 valence electrons. The maximum absolute atomic E-state index is 14.5. The minimum absolute atomic E-state index is 0.216. The van der Waals surface area contributed by atoms with Crippen LogP contribution in [-0.4, -0.2) is 12.3 Å². The van der Waals surface area contributed by atoms with E-state index in [2.05, 4.69) is 4.74 Å². The first kappa shape index (κ1) is 22.7. The van der Waals surface area contributed by atoms with Gasteiger partial charge in [0.1, 0.15) is 5.75 Å². The Morgan fingerprint density at radius 1 is 1.11 bits per heavy atom. The second kappa shape index (κ2) is 9.29. The van der Waals surface area contributed by atoms with Gasteiger partial charge in [-0.25, -0.2) is 4.39 Å². The van der Waals surface area contributed by atoms with Crippen LogP contribution in [0.4, 0.5) is 26.3 Å². The molecular weight excluding hydrogens is 410 g/mol. The Morgan fingerprint density at radius 2 is 1.75 bits per heavy atom. The van der Waals surface area contributed by atoms with Gasteiger partial charge in [-0.3, -0.25) is 0 Å². The zero-order valence-corrected chi connectivity index (χ0v) is 15.9. The van der Waals surface area contributed by atoms with E-state index >= 15 is 0 Å². The fourth-order valence-corrected chi connectivity index (χ4v) is 3.57. The number of ether oxygens (including phenoxy) is 2. The highest BCUT2D eigenvalue weighted by Crippen LogP contribution is 2.42. The maximum atomic E-state index is 14.5. The molecule has 0 heterocycles. The van der Waals surface area contributed by atoms with E-state index in [0.29, 0.717) is 37.7 Å². The molecule has 0 bridgehead atoms. The van der Waals surface area contributed by atoms with Crippen LogP contribution in [-0.2, 0) is 0 Å². The average Bonchev–Trinajstić information content (AvgIpc) is 2.57. The smallest absolute Gasteiger partial charge is 0.412 e. The quantitative estimate of drug-likeness (QED) is 0.329. The van der Waals surface area contributed by atoms with E-state index in [9.17, 15) is 26.3 Å². The van der Waals surface area contributed by atoms with Gasteiger partial charge in [-0.2, -0.15) is 22.0 Å². The number of alkyl halides is 5. The molecule has 28 heavy (non-hydrogen) atoms. The van der Waals surface area contributed by atoms with Crippen LogP contribution in [0.25, 0.3) is 0 Å². The molecule has 2 nitrogen and oxygen atoms in total. The van der Waals surface area contributed by atoms with Crippen LogP contribution in [0.1, 0.15) is 45.4 Å². The lowest BCUT2D eigenvalue weighted by Crippen LogP contribution is -2.37. The number of hydrogen-bond donors (Lipinski definition) is 0. The molecule has 1 aromatic carbocycles. The third-order valence-corrected chi connectivity index (χ3v) is 4.97. The molecule has 0 atom stereocenters. The number of hydrogen-bond acceptors (Lipinski definition) is 2. The van der Waals surface area contributed by atoms with Crippen molar-refractivity contribution >= 4 is 11.6 Å². The predicted molar refractivity (Wildman–Crippen MR) is 93.2 cm³/mol. The van der Waals surface area contributed by atoms with Crippen molar-refractivity contribution in [3.63, 3.8) is 0 Å². The second-order valence-electron chi connectivity index (χ2n) is 6.85. The van der Waals surface area contributed by atoms with Crippen LogP contribution < -0.4 is 9.47 Å². The van der Waals surface area contributed by atoms with Crippen molar-refractivity contribution in [3.8, 4) is 11.5 Å².